The van der Waals surface area contributed by atoms with Crippen LogP contribution in [0, 0.1) is 0 Å². The van der Waals surface area contributed by atoms with Gasteiger partial charge in [0.1, 0.15) is 11.3 Å². The number of hydrogen-bond donors (Lipinski definition) is 1. The van der Waals surface area contributed by atoms with Crippen molar-refractivity contribution in [1.82, 2.24) is 4.90 Å². The Morgan fingerprint density at radius 1 is 1.03 bits per heavy atom. The molecule has 6 nitrogen and oxygen atoms in total. The number of fused-ring (bicyclic) bond motifs is 1. The summed E-state index contributed by atoms with van der Waals surface area (Å²) in [7, 11) is 0. The smallest absolute Gasteiger partial charge is 0.291 e. The van der Waals surface area contributed by atoms with Gasteiger partial charge in [-0.2, -0.15) is 0 Å². The van der Waals surface area contributed by atoms with Crippen molar-refractivity contribution in [3.63, 3.8) is 0 Å². The molecule has 1 N–H and O–H groups in total. The number of rotatable bonds is 5. The van der Waals surface area contributed by atoms with Crippen molar-refractivity contribution in [2.24, 2.45) is 0 Å². The van der Waals surface area contributed by atoms with E-state index in [4.69, 9.17) is 25.2 Å². The first-order valence-electron chi connectivity index (χ1n) is 10.1. The van der Waals surface area contributed by atoms with E-state index in [0.29, 0.717) is 35.3 Å². The predicted molar refractivity (Wildman–Crippen MR) is 119 cm³/mol. The van der Waals surface area contributed by atoms with Crippen molar-refractivity contribution >= 4 is 34.2 Å². The van der Waals surface area contributed by atoms with Crippen LogP contribution in [-0.4, -0.2) is 37.1 Å². The standard InChI is InChI=1S/C24H21ClN2O4/c25-17-6-3-5-16(15-17)22(27-10-13-29-14-11-27)23-21(18-7-1-2-8-19(18)31-23)26-24(28)20-9-4-12-30-20/h1-9,12,15,22H,10-11,13-14H2,(H,26,28). The van der Waals surface area contributed by atoms with Gasteiger partial charge in [0, 0.05) is 23.5 Å². The van der Waals surface area contributed by atoms with Crippen molar-refractivity contribution in [3.05, 3.63) is 89.0 Å². The third-order valence-electron chi connectivity index (χ3n) is 5.43. The van der Waals surface area contributed by atoms with Gasteiger partial charge in [-0.1, -0.05) is 35.9 Å². The van der Waals surface area contributed by atoms with Gasteiger partial charge in [-0.15, -0.1) is 0 Å². The summed E-state index contributed by atoms with van der Waals surface area (Å²) in [6, 6.07) is 18.5. The zero-order valence-corrected chi connectivity index (χ0v) is 17.5. The zero-order chi connectivity index (χ0) is 21.2. The van der Waals surface area contributed by atoms with Crippen LogP contribution in [0.15, 0.2) is 75.8 Å². The van der Waals surface area contributed by atoms with E-state index < -0.39 is 0 Å². The van der Waals surface area contributed by atoms with E-state index >= 15 is 0 Å². The van der Waals surface area contributed by atoms with E-state index in [0.717, 1.165) is 24.0 Å². The third-order valence-corrected chi connectivity index (χ3v) is 5.66. The molecular weight excluding hydrogens is 416 g/mol. The van der Waals surface area contributed by atoms with E-state index in [9.17, 15) is 4.79 Å². The summed E-state index contributed by atoms with van der Waals surface area (Å²) >= 11 is 6.33. The molecule has 0 spiro atoms. The Balaban J connectivity index is 1.65. The minimum atomic E-state index is -0.329. The molecule has 1 aliphatic rings. The normalized spacial score (nSPS) is 15.8. The largest absolute Gasteiger partial charge is 0.459 e. The molecule has 1 amide bonds. The highest BCUT2D eigenvalue weighted by Crippen LogP contribution is 2.41. The first-order valence-corrected chi connectivity index (χ1v) is 10.5. The SMILES string of the molecule is O=C(Nc1c(C(c2cccc(Cl)c2)N2CCOCC2)oc2ccccc12)c1ccco1. The van der Waals surface area contributed by atoms with Crippen LogP contribution in [0.4, 0.5) is 5.69 Å². The van der Waals surface area contributed by atoms with Crippen LogP contribution in [0.25, 0.3) is 11.0 Å². The molecule has 1 fully saturated rings. The highest BCUT2D eigenvalue weighted by Gasteiger charge is 2.32. The first kappa shape index (κ1) is 19.9. The fourth-order valence-corrected chi connectivity index (χ4v) is 4.21. The minimum Gasteiger partial charge on any atom is -0.459 e. The maximum atomic E-state index is 12.9. The quantitative estimate of drug-likeness (QED) is 0.456. The number of para-hydroxylation sites is 1. The molecular formula is C24H21ClN2O4. The van der Waals surface area contributed by atoms with Crippen molar-refractivity contribution in [1.29, 1.82) is 0 Å². The number of nitrogens with one attached hydrogen (secondary N) is 1. The molecule has 7 heteroatoms. The van der Waals surface area contributed by atoms with Gasteiger partial charge in [-0.05, 0) is 42.0 Å². The van der Waals surface area contributed by atoms with Crippen LogP contribution in [0.1, 0.15) is 27.9 Å². The van der Waals surface area contributed by atoms with E-state index in [2.05, 4.69) is 10.2 Å². The Bertz CT molecular complexity index is 1200. The molecule has 1 aliphatic heterocycles. The number of anilines is 1. The molecule has 4 aromatic rings. The average Bonchev–Trinajstić information content (AvgIpc) is 3.44. The van der Waals surface area contributed by atoms with Gasteiger partial charge >= 0.3 is 0 Å². The molecule has 5 rings (SSSR count). The highest BCUT2D eigenvalue weighted by molar-refractivity contribution is 6.30. The molecule has 0 aliphatic carbocycles. The van der Waals surface area contributed by atoms with Gasteiger partial charge in [0.2, 0.25) is 0 Å². The molecule has 1 atom stereocenters. The van der Waals surface area contributed by atoms with Gasteiger partial charge in [-0.3, -0.25) is 9.69 Å². The number of furan rings is 2. The molecule has 1 unspecified atom stereocenters. The number of amides is 1. The second-order valence-electron chi connectivity index (χ2n) is 7.37. The van der Waals surface area contributed by atoms with Crippen LogP contribution in [0.2, 0.25) is 5.02 Å². The molecule has 0 radical (unpaired) electrons. The van der Waals surface area contributed by atoms with Crippen molar-refractivity contribution in [3.8, 4) is 0 Å². The van der Waals surface area contributed by atoms with E-state index in [1.807, 2.05) is 48.5 Å². The lowest BCUT2D eigenvalue weighted by Gasteiger charge is -2.34. The molecule has 0 bridgehead atoms. The van der Waals surface area contributed by atoms with Crippen molar-refractivity contribution in [2.45, 2.75) is 6.04 Å². The molecule has 31 heavy (non-hydrogen) atoms. The monoisotopic (exact) mass is 436 g/mol. The van der Waals surface area contributed by atoms with E-state index in [-0.39, 0.29) is 17.7 Å². The average molecular weight is 437 g/mol. The number of benzene rings is 2. The summed E-state index contributed by atoms with van der Waals surface area (Å²) in [6.45, 7) is 2.73. The topological polar surface area (TPSA) is 67.9 Å². The molecule has 158 valence electrons. The lowest BCUT2D eigenvalue weighted by atomic mass is 10.0. The number of carbonyl (C=O) groups is 1. The molecule has 0 saturated carbocycles. The van der Waals surface area contributed by atoms with Gasteiger partial charge < -0.3 is 18.9 Å². The summed E-state index contributed by atoms with van der Waals surface area (Å²) in [5.41, 5.74) is 2.32. The Morgan fingerprint density at radius 3 is 2.65 bits per heavy atom. The fraction of sp³-hybridized carbons (Fsp3) is 0.208. The highest BCUT2D eigenvalue weighted by atomic mass is 35.5. The third kappa shape index (κ3) is 3.97. The van der Waals surface area contributed by atoms with Crippen molar-refractivity contribution < 1.29 is 18.4 Å². The van der Waals surface area contributed by atoms with Gasteiger partial charge in [0.25, 0.3) is 5.91 Å². The predicted octanol–water partition coefficient (Wildman–Crippen LogP) is 5.35. The Morgan fingerprint density at radius 2 is 1.87 bits per heavy atom. The summed E-state index contributed by atoms with van der Waals surface area (Å²) < 4.78 is 17.2. The molecule has 2 aromatic carbocycles. The summed E-state index contributed by atoms with van der Waals surface area (Å²) in [5, 5.41) is 4.50. The van der Waals surface area contributed by atoms with Crippen LogP contribution in [0.3, 0.4) is 0 Å². The second kappa shape index (κ2) is 8.59. The summed E-state index contributed by atoms with van der Waals surface area (Å²) in [4.78, 5) is 15.1. The number of morpholine rings is 1. The lowest BCUT2D eigenvalue weighted by Crippen LogP contribution is -2.39. The van der Waals surface area contributed by atoms with Crippen LogP contribution in [0.5, 0.6) is 0 Å². The maximum Gasteiger partial charge on any atom is 0.291 e. The molecule has 2 aromatic heterocycles. The van der Waals surface area contributed by atoms with Crippen LogP contribution >= 0.6 is 11.6 Å². The zero-order valence-electron chi connectivity index (χ0n) is 16.7. The van der Waals surface area contributed by atoms with Crippen LogP contribution in [-0.2, 0) is 4.74 Å². The lowest BCUT2D eigenvalue weighted by molar-refractivity contribution is 0.0206. The van der Waals surface area contributed by atoms with Crippen molar-refractivity contribution in [2.75, 3.05) is 31.6 Å². The molecule has 3 heterocycles. The fourth-order valence-electron chi connectivity index (χ4n) is 4.01. The number of nitrogens with zero attached hydrogens (tertiary/aromatic N) is 1. The number of hydrogen-bond acceptors (Lipinski definition) is 5. The Hall–Kier alpha value is -3.06. The van der Waals surface area contributed by atoms with E-state index in [1.165, 1.54) is 6.26 Å². The van der Waals surface area contributed by atoms with Gasteiger partial charge in [0.15, 0.2) is 5.76 Å². The second-order valence-corrected chi connectivity index (χ2v) is 7.81. The summed E-state index contributed by atoms with van der Waals surface area (Å²) in [6.07, 6.45) is 1.48. The van der Waals surface area contributed by atoms with Gasteiger partial charge in [-0.25, -0.2) is 0 Å². The maximum absolute atomic E-state index is 12.9. The number of ether oxygens (including phenoxy) is 1. The van der Waals surface area contributed by atoms with Gasteiger partial charge in [0.05, 0.1) is 31.2 Å². The first-order chi connectivity index (χ1) is 15.2. The van der Waals surface area contributed by atoms with Crippen LogP contribution < -0.4 is 5.32 Å². The number of carbonyl (C=O) groups excluding carboxylic acids is 1. The number of halogens is 1. The Labute approximate surface area is 184 Å². The summed E-state index contributed by atoms with van der Waals surface area (Å²) in [5.74, 6) is 0.566. The molecule has 1 saturated heterocycles. The minimum absolute atomic E-state index is 0.234. The Kier molecular flexibility index (Phi) is 5.51. The van der Waals surface area contributed by atoms with E-state index in [1.54, 1.807) is 12.1 Å².